The number of nitrogens with zero attached hydrogens (tertiary/aromatic N) is 4. The van der Waals surface area contributed by atoms with Crippen molar-refractivity contribution in [3.8, 4) is 11.4 Å². The van der Waals surface area contributed by atoms with Crippen LogP contribution < -0.4 is 11.2 Å². The van der Waals surface area contributed by atoms with Crippen molar-refractivity contribution in [3.63, 3.8) is 0 Å². The number of pyridine rings is 2. The third kappa shape index (κ3) is 2.32. The molecule has 22 heavy (non-hydrogen) atoms. The lowest BCUT2D eigenvalue weighted by Crippen LogP contribution is -2.17. The Bertz CT molecular complexity index is 886. The SMILES string of the molecule is CCCn1cc(N)c(=O)c2c(C)nc(-c3ccncc3)nc21. The minimum Gasteiger partial charge on any atom is -0.394 e. The molecule has 112 valence electrons. The van der Waals surface area contributed by atoms with Crippen LogP contribution in [0.5, 0.6) is 0 Å². The van der Waals surface area contributed by atoms with Gasteiger partial charge in [-0.2, -0.15) is 0 Å². The summed E-state index contributed by atoms with van der Waals surface area (Å²) in [5.74, 6) is 0.585. The van der Waals surface area contributed by atoms with Gasteiger partial charge in [-0.3, -0.25) is 9.78 Å². The van der Waals surface area contributed by atoms with Gasteiger partial charge in [-0.05, 0) is 25.5 Å². The molecule has 0 aliphatic carbocycles. The number of anilines is 1. The van der Waals surface area contributed by atoms with Crippen LogP contribution in [0.25, 0.3) is 22.4 Å². The molecule has 3 rings (SSSR count). The van der Waals surface area contributed by atoms with Gasteiger partial charge in [0.1, 0.15) is 5.65 Å². The van der Waals surface area contributed by atoms with Crippen molar-refractivity contribution in [2.24, 2.45) is 0 Å². The number of nitrogen functional groups attached to an aromatic ring is 1. The van der Waals surface area contributed by atoms with Crippen LogP contribution in [0.3, 0.4) is 0 Å². The summed E-state index contributed by atoms with van der Waals surface area (Å²) in [7, 11) is 0. The first-order chi connectivity index (χ1) is 10.6. The van der Waals surface area contributed by atoms with Crippen molar-refractivity contribution in [2.45, 2.75) is 26.8 Å². The molecule has 0 amide bonds. The number of hydrogen-bond donors (Lipinski definition) is 1. The minimum absolute atomic E-state index is 0.207. The molecule has 3 heterocycles. The molecular weight excluding hydrogens is 278 g/mol. The van der Waals surface area contributed by atoms with Crippen LogP contribution in [0.2, 0.25) is 0 Å². The second-order valence-corrected chi connectivity index (χ2v) is 5.17. The maximum absolute atomic E-state index is 12.3. The molecule has 0 saturated carbocycles. The van der Waals surface area contributed by atoms with E-state index >= 15 is 0 Å². The highest BCUT2D eigenvalue weighted by molar-refractivity contribution is 5.82. The van der Waals surface area contributed by atoms with Gasteiger partial charge < -0.3 is 10.3 Å². The summed E-state index contributed by atoms with van der Waals surface area (Å²) in [6, 6.07) is 3.69. The van der Waals surface area contributed by atoms with Crippen molar-refractivity contribution in [2.75, 3.05) is 5.73 Å². The second-order valence-electron chi connectivity index (χ2n) is 5.17. The van der Waals surface area contributed by atoms with Gasteiger partial charge >= 0.3 is 0 Å². The summed E-state index contributed by atoms with van der Waals surface area (Å²) in [6.45, 7) is 4.62. The molecular formula is C16H17N5O. The standard InChI is InChI=1S/C16H17N5O/c1-3-8-21-9-12(17)14(22)13-10(2)19-15(20-16(13)21)11-4-6-18-7-5-11/h4-7,9H,3,8,17H2,1-2H3. The summed E-state index contributed by atoms with van der Waals surface area (Å²) in [6.07, 6.45) is 5.97. The molecule has 0 aliphatic rings. The Balaban J connectivity index is 2.35. The highest BCUT2D eigenvalue weighted by Crippen LogP contribution is 2.20. The predicted molar refractivity (Wildman–Crippen MR) is 86.5 cm³/mol. The normalized spacial score (nSPS) is 11.0. The van der Waals surface area contributed by atoms with E-state index in [0.29, 0.717) is 22.6 Å². The fraction of sp³-hybridized carbons (Fsp3) is 0.250. The number of hydrogen-bond acceptors (Lipinski definition) is 5. The molecule has 3 aromatic heterocycles. The molecule has 6 nitrogen and oxygen atoms in total. The van der Waals surface area contributed by atoms with Crippen LogP contribution in [0.1, 0.15) is 19.0 Å². The Morgan fingerprint density at radius 2 is 1.95 bits per heavy atom. The van der Waals surface area contributed by atoms with Crippen molar-refractivity contribution in [1.82, 2.24) is 19.5 Å². The average Bonchev–Trinajstić information content (AvgIpc) is 2.53. The van der Waals surface area contributed by atoms with Gasteiger partial charge in [-0.25, -0.2) is 9.97 Å². The fourth-order valence-electron chi connectivity index (χ4n) is 2.50. The van der Waals surface area contributed by atoms with Gasteiger partial charge in [-0.1, -0.05) is 6.92 Å². The van der Waals surface area contributed by atoms with Crippen molar-refractivity contribution < 1.29 is 0 Å². The number of aromatic nitrogens is 4. The smallest absolute Gasteiger partial charge is 0.215 e. The number of nitrogens with two attached hydrogens (primary N) is 1. The third-order valence-corrected chi connectivity index (χ3v) is 3.53. The molecule has 0 fully saturated rings. The van der Waals surface area contributed by atoms with Gasteiger partial charge in [0.05, 0.1) is 16.8 Å². The summed E-state index contributed by atoms with van der Waals surface area (Å²) >= 11 is 0. The van der Waals surface area contributed by atoms with Crippen molar-refractivity contribution in [1.29, 1.82) is 0 Å². The van der Waals surface area contributed by atoms with E-state index in [2.05, 4.69) is 21.9 Å². The van der Waals surface area contributed by atoms with E-state index in [9.17, 15) is 4.79 Å². The molecule has 0 saturated heterocycles. The molecule has 0 radical (unpaired) electrons. The lowest BCUT2D eigenvalue weighted by Gasteiger charge is -2.12. The summed E-state index contributed by atoms with van der Waals surface area (Å²) in [4.78, 5) is 25.4. The molecule has 0 unspecified atom stereocenters. The van der Waals surface area contributed by atoms with Gasteiger partial charge in [0.2, 0.25) is 5.43 Å². The first kappa shape index (κ1) is 14.2. The molecule has 0 aromatic carbocycles. The van der Waals surface area contributed by atoms with E-state index in [1.807, 2.05) is 23.6 Å². The van der Waals surface area contributed by atoms with Crippen molar-refractivity contribution >= 4 is 16.7 Å². The van der Waals surface area contributed by atoms with Crippen LogP contribution in [0.4, 0.5) is 5.69 Å². The molecule has 2 N–H and O–H groups in total. The Labute approximate surface area is 127 Å². The number of aryl methyl sites for hydroxylation is 2. The minimum atomic E-state index is -0.207. The largest absolute Gasteiger partial charge is 0.394 e. The zero-order chi connectivity index (χ0) is 15.7. The molecule has 3 aromatic rings. The Kier molecular flexibility index (Phi) is 3.58. The topological polar surface area (TPSA) is 86.7 Å². The van der Waals surface area contributed by atoms with Gasteiger partial charge in [0.25, 0.3) is 0 Å². The fourth-order valence-corrected chi connectivity index (χ4v) is 2.50. The first-order valence-corrected chi connectivity index (χ1v) is 7.19. The van der Waals surface area contributed by atoms with Crippen LogP contribution in [-0.2, 0) is 6.54 Å². The van der Waals surface area contributed by atoms with Gasteiger partial charge in [0, 0.05) is 30.7 Å². The van der Waals surface area contributed by atoms with E-state index in [1.54, 1.807) is 18.6 Å². The molecule has 0 bridgehead atoms. The summed E-state index contributed by atoms with van der Waals surface area (Å²) in [5.41, 5.74) is 7.99. The number of fused-ring (bicyclic) bond motifs is 1. The molecule has 0 atom stereocenters. The Morgan fingerprint density at radius 3 is 2.64 bits per heavy atom. The molecule has 0 spiro atoms. The predicted octanol–water partition coefficient (Wildman–Crippen LogP) is 2.15. The summed E-state index contributed by atoms with van der Waals surface area (Å²) < 4.78 is 1.92. The van der Waals surface area contributed by atoms with Gasteiger partial charge in [-0.15, -0.1) is 0 Å². The average molecular weight is 295 g/mol. The van der Waals surface area contributed by atoms with E-state index in [4.69, 9.17) is 5.73 Å². The lowest BCUT2D eigenvalue weighted by atomic mass is 10.2. The van der Waals surface area contributed by atoms with Gasteiger partial charge in [0.15, 0.2) is 5.82 Å². The van der Waals surface area contributed by atoms with Crippen LogP contribution >= 0.6 is 0 Å². The molecule has 6 heteroatoms. The summed E-state index contributed by atoms with van der Waals surface area (Å²) in [5, 5.41) is 0.492. The highest BCUT2D eigenvalue weighted by atomic mass is 16.1. The van der Waals surface area contributed by atoms with Crippen LogP contribution in [-0.4, -0.2) is 19.5 Å². The highest BCUT2D eigenvalue weighted by Gasteiger charge is 2.14. The van der Waals surface area contributed by atoms with E-state index < -0.39 is 0 Å². The van der Waals surface area contributed by atoms with Crippen molar-refractivity contribution in [3.05, 3.63) is 46.6 Å². The first-order valence-electron chi connectivity index (χ1n) is 7.19. The second kappa shape index (κ2) is 5.55. The van der Waals surface area contributed by atoms with E-state index in [1.165, 1.54) is 0 Å². The zero-order valence-electron chi connectivity index (χ0n) is 12.6. The monoisotopic (exact) mass is 295 g/mol. The lowest BCUT2D eigenvalue weighted by molar-refractivity contribution is 0.691. The van der Waals surface area contributed by atoms with E-state index in [-0.39, 0.29) is 11.1 Å². The Hall–Kier alpha value is -2.76. The maximum atomic E-state index is 12.3. The van der Waals surface area contributed by atoms with Crippen LogP contribution in [0.15, 0.2) is 35.5 Å². The molecule has 0 aliphatic heterocycles. The van der Waals surface area contributed by atoms with Crippen LogP contribution in [0, 0.1) is 6.92 Å². The number of rotatable bonds is 3. The van der Waals surface area contributed by atoms with E-state index in [0.717, 1.165) is 18.5 Å². The quantitative estimate of drug-likeness (QED) is 0.800. The maximum Gasteiger partial charge on any atom is 0.215 e. The Morgan fingerprint density at radius 1 is 1.23 bits per heavy atom. The zero-order valence-corrected chi connectivity index (χ0v) is 12.6. The third-order valence-electron chi connectivity index (χ3n) is 3.53.